The quantitative estimate of drug-likeness (QED) is 0.819. The van der Waals surface area contributed by atoms with Gasteiger partial charge in [-0.3, -0.25) is 0 Å². The first kappa shape index (κ1) is 12.1. The number of nitrogens with zero attached hydrogens (tertiary/aromatic N) is 1. The molecule has 17 heavy (non-hydrogen) atoms. The van der Waals surface area contributed by atoms with Gasteiger partial charge in [0.05, 0.1) is 11.3 Å². The molecule has 5 nitrogen and oxygen atoms in total. The van der Waals surface area contributed by atoms with Gasteiger partial charge < -0.3 is 4.52 Å². The highest BCUT2D eigenvalue weighted by atomic mass is 16.5. The summed E-state index contributed by atoms with van der Waals surface area (Å²) in [5.41, 5.74) is 1.21. The van der Waals surface area contributed by atoms with E-state index in [0.717, 1.165) is 37.8 Å². The van der Waals surface area contributed by atoms with Crippen LogP contribution in [0.2, 0.25) is 0 Å². The molecular weight excluding hydrogens is 220 g/mol. The zero-order chi connectivity index (χ0) is 12.3. The van der Waals surface area contributed by atoms with Crippen molar-refractivity contribution < 1.29 is 4.52 Å². The van der Waals surface area contributed by atoms with Crippen LogP contribution in [-0.4, -0.2) is 11.2 Å². The molecular formula is C12H18N2O3. The number of aromatic amines is 1. The van der Waals surface area contributed by atoms with Crippen molar-refractivity contribution in [1.29, 1.82) is 0 Å². The van der Waals surface area contributed by atoms with E-state index in [4.69, 9.17) is 4.52 Å². The lowest BCUT2D eigenvalue weighted by Crippen LogP contribution is -2.22. The van der Waals surface area contributed by atoms with Gasteiger partial charge >= 0.3 is 5.63 Å². The van der Waals surface area contributed by atoms with Gasteiger partial charge in [-0.05, 0) is 19.3 Å². The zero-order valence-electron chi connectivity index (χ0n) is 10.1. The third-order valence-corrected chi connectivity index (χ3v) is 3.56. The van der Waals surface area contributed by atoms with Crippen molar-refractivity contribution in [2.75, 3.05) is 0 Å². The molecule has 94 valence electrons. The van der Waals surface area contributed by atoms with Crippen LogP contribution in [0.15, 0.2) is 14.5 Å². The first-order valence-electron chi connectivity index (χ1n) is 6.30. The summed E-state index contributed by atoms with van der Waals surface area (Å²) in [5, 5.41) is 5.91. The lowest BCUT2D eigenvalue weighted by Gasteiger charge is -2.25. The van der Waals surface area contributed by atoms with Crippen LogP contribution in [0.4, 0.5) is 0 Å². The van der Waals surface area contributed by atoms with Crippen LogP contribution in [0.5, 0.6) is 0 Å². The Morgan fingerprint density at radius 2 is 2.18 bits per heavy atom. The van der Waals surface area contributed by atoms with E-state index < -0.39 is 0 Å². The van der Waals surface area contributed by atoms with Crippen molar-refractivity contribution in [2.45, 2.75) is 57.4 Å². The standard InChI is InChI=1S/C12H18N2O3/c1-2-5-9-11(14-17-12(9)15)8-6-3-4-7-10(8)13-16/h8,10,14H,2-7H2,1H3. The van der Waals surface area contributed by atoms with Crippen molar-refractivity contribution in [3.8, 4) is 0 Å². The topological polar surface area (TPSA) is 75.4 Å². The number of nitrogens with one attached hydrogen (secondary N) is 1. The first-order valence-corrected chi connectivity index (χ1v) is 6.30. The predicted octanol–water partition coefficient (Wildman–Crippen LogP) is 2.71. The van der Waals surface area contributed by atoms with E-state index in [2.05, 4.69) is 10.3 Å². The number of hydrogen-bond acceptors (Lipinski definition) is 4. The Morgan fingerprint density at radius 1 is 1.41 bits per heavy atom. The average molecular weight is 238 g/mol. The van der Waals surface area contributed by atoms with Crippen molar-refractivity contribution in [1.82, 2.24) is 5.16 Å². The van der Waals surface area contributed by atoms with Crippen molar-refractivity contribution in [2.24, 2.45) is 5.18 Å². The summed E-state index contributed by atoms with van der Waals surface area (Å²) in [5.74, 6) is 0.0363. The molecule has 1 aliphatic carbocycles. The molecule has 5 heteroatoms. The van der Waals surface area contributed by atoms with Crippen LogP contribution in [-0.2, 0) is 6.42 Å². The third kappa shape index (κ3) is 2.33. The van der Waals surface area contributed by atoms with Gasteiger partial charge in [-0.1, -0.05) is 31.4 Å². The Bertz CT molecular complexity index is 435. The van der Waals surface area contributed by atoms with Crippen molar-refractivity contribution >= 4 is 0 Å². The Balaban J connectivity index is 2.31. The number of hydrogen-bond donors (Lipinski definition) is 1. The SMILES string of the molecule is CCCc1c(C2CCCCC2N=O)[nH]oc1=O. The molecule has 0 spiro atoms. The maximum atomic E-state index is 11.6. The number of rotatable bonds is 4. The van der Waals surface area contributed by atoms with Gasteiger partial charge in [0.1, 0.15) is 6.04 Å². The van der Waals surface area contributed by atoms with E-state index in [1.165, 1.54) is 0 Å². The summed E-state index contributed by atoms with van der Waals surface area (Å²) in [6.07, 6.45) is 5.42. The average Bonchev–Trinajstić information content (AvgIpc) is 2.72. The minimum atomic E-state index is -0.294. The summed E-state index contributed by atoms with van der Waals surface area (Å²) in [6.45, 7) is 2.02. The van der Waals surface area contributed by atoms with Crippen LogP contribution in [0, 0.1) is 4.91 Å². The predicted molar refractivity (Wildman–Crippen MR) is 64.1 cm³/mol. The third-order valence-electron chi connectivity index (χ3n) is 3.56. The summed E-state index contributed by atoms with van der Waals surface area (Å²) >= 11 is 0. The van der Waals surface area contributed by atoms with Crippen LogP contribution in [0.25, 0.3) is 0 Å². The normalized spacial score (nSPS) is 24.8. The lowest BCUT2D eigenvalue weighted by molar-refractivity contribution is 0.343. The molecule has 1 aromatic rings. The molecule has 2 atom stereocenters. The summed E-state index contributed by atoms with van der Waals surface area (Å²) < 4.78 is 4.87. The number of aromatic nitrogens is 1. The van der Waals surface area contributed by atoms with Gasteiger partial charge in [-0.2, -0.15) is 4.91 Å². The van der Waals surface area contributed by atoms with E-state index in [-0.39, 0.29) is 17.6 Å². The van der Waals surface area contributed by atoms with E-state index in [0.29, 0.717) is 12.0 Å². The van der Waals surface area contributed by atoms with Crippen molar-refractivity contribution in [3.05, 3.63) is 26.6 Å². The van der Waals surface area contributed by atoms with E-state index in [1.807, 2.05) is 6.92 Å². The summed E-state index contributed by atoms with van der Waals surface area (Å²) in [4.78, 5) is 22.4. The monoisotopic (exact) mass is 238 g/mol. The molecule has 1 aliphatic rings. The van der Waals surface area contributed by atoms with Gasteiger partial charge in [0, 0.05) is 5.92 Å². The second-order valence-corrected chi connectivity index (χ2v) is 4.70. The van der Waals surface area contributed by atoms with Gasteiger partial charge in [0.2, 0.25) is 0 Å². The zero-order valence-corrected chi connectivity index (χ0v) is 10.1. The van der Waals surface area contributed by atoms with Gasteiger partial charge in [-0.25, -0.2) is 9.95 Å². The molecule has 1 heterocycles. The Hall–Kier alpha value is -1.39. The van der Waals surface area contributed by atoms with E-state index >= 15 is 0 Å². The molecule has 0 saturated heterocycles. The fourth-order valence-electron chi connectivity index (χ4n) is 2.69. The molecule has 0 amide bonds. The highest BCUT2D eigenvalue weighted by Gasteiger charge is 2.31. The lowest BCUT2D eigenvalue weighted by atomic mass is 9.81. The van der Waals surface area contributed by atoms with Gasteiger partial charge in [-0.15, -0.1) is 0 Å². The smallest absolute Gasteiger partial charge is 0.339 e. The molecule has 1 aromatic heterocycles. The molecule has 0 radical (unpaired) electrons. The fraction of sp³-hybridized carbons (Fsp3) is 0.750. The van der Waals surface area contributed by atoms with E-state index in [1.54, 1.807) is 0 Å². The molecule has 0 aliphatic heterocycles. The molecule has 2 unspecified atom stereocenters. The molecule has 0 bridgehead atoms. The first-order chi connectivity index (χ1) is 8.27. The minimum absolute atomic E-state index is 0.0363. The maximum Gasteiger partial charge on any atom is 0.360 e. The molecule has 1 fully saturated rings. The highest BCUT2D eigenvalue weighted by Crippen LogP contribution is 2.35. The van der Waals surface area contributed by atoms with Crippen LogP contribution >= 0.6 is 0 Å². The molecule has 1 saturated carbocycles. The summed E-state index contributed by atoms with van der Waals surface area (Å²) in [6, 6.07) is -0.215. The number of H-pyrrole nitrogens is 1. The fourth-order valence-corrected chi connectivity index (χ4v) is 2.69. The van der Waals surface area contributed by atoms with Gasteiger partial charge in [0.15, 0.2) is 0 Å². The van der Waals surface area contributed by atoms with Crippen molar-refractivity contribution in [3.63, 3.8) is 0 Å². The van der Waals surface area contributed by atoms with Crippen LogP contribution in [0.1, 0.15) is 56.2 Å². The second kappa shape index (κ2) is 5.29. The minimum Gasteiger partial charge on any atom is -0.339 e. The van der Waals surface area contributed by atoms with E-state index in [9.17, 15) is 9.70 Å². The molecule has 0 aromatic carbocycles. The molecule has 2 rings (SSSR count). The van der Waals surface area contributed by atoms with Crippen LogP contribution in [0.3, 0.4) is 0 Å². The molecule has 1 N–H and O–H groups in total. The Kier molecular flexibility index (Phi) is 3.76. The largest absolute Gasteiger partial charge is 0.360 e. The maximum absolute atomic E-state index is 11.6. The second-order valence-electron chi connectivity index (χ2n) is 4.70. The van der Waals surface area contributed by atoms with Crippen LogP contribution < -0.4 is 5.63 Å². The Labute approximate surface area is 99.5 Å². The summed E-state index contributed by atoms with van der Waals surface area (Å²) in [7, 11) is 0. The van der Waals surface area contributed by atoms with Gasteiger partial charge in [0.25, 0.3) is 0 Å². The Morgan fingerprint density at radius 3 is 2.88 bits per heavy atom. The highest BCUT2D eigenvalue weighted by molar-refractivity contribution is 5.22. The number of nitroso groups, excluding NO2 is 1.